The van der Waals surface area contributed by atoms with Gasteiger partial charge in [-0.3, -0.25) is 14.3 Å². The van der Waals surface area contributed by atoms with Crippen LogP contribution in [0.2, 0.25) is 0 Å². The molecule has 0 fully saturated rings. The third-order valence-electron chi connectivity index (χ3n) is 3.58. The van der Waals surface area contributed by atoms with E-state index in [2.05, 4.69) is 15.7 Å². The number of methoxy groups -OCH3 is 2. The molecule has 8 heteroatoms. The van der Waals surface area contributed by atoms with Crippen LogP contribution in [-0.2, 0) is 11.8 Å². The molecule has 0 aliphatic heterocycles. The number of carbonyl (C=O) groups excluding carboxylic acids is 2. The maximum absolute atomic E-state index is 12.2. The van der Waals surface area contributed by atoms with Crippen molar-refractivity contribution in [2.45, 2.75) is 6.92 Å². The molecule has 1 aromatic heterocycles. The van der Waals surface area contributed by atoms with Gasteiger partial charge in [-0.05, 0) is 24.3 Å². The topological polar surface area (TPSA) is 94.5 Å². The first-order valence-electron chi connectivity index (χ1n) is 7.75. The van der Waals surface area contributed by atoms with Gasteiger partial charge < -0.3 is 20.1 Å². The second-order valence-electron chi connectivity index (χ2n) is 5.34. The fourth-order valence-electron chi connectivity index (χ4n) is 2.35. The Morgan fingerprint density at radius 1 is 1.12 bits per heavy atom. The van der Waals surface area contributed by atoms with E-state index < -0.39 is 0 Å². The molecule has 2 amide bonds. The molecule has 1 heterocycles. The number of hydrogen-bond donors (Lipinski definition) is 2. The summed E-state index contributed by atoms with van der Waals surface area (Å²) in [5, 5.41) is 9.58. The second kappa shape index (κ2) is 8.18. The number of nitrogens with one attached hydrogen (secondary N) is 2. The first kappa shape index (κ1) is 18.3. The molecule has 0 saturated carbocycles. The largest absolute Gasteiger partial charge is 0.497 e. The van der Waals surface area contributed by atoms with Gasteiger partial charge in [0, 0.05) is 32.6 Å². The van der Waals surface area contributed by atoms with Gasteiger partial charge in [0.15, 0.2) is 5.69 Å². The van der Waals surface area contributed by atoms with Gasteiger partial charge >= 0.3 is 0 Å². The van der Waals surface area contributed by atoms with Crippen LogP contribution in [0.1, 0.15) is 17.4 Å². The number of aromatic nitrogens is 2. The Morgan fingerprint density at radius 3 is 2.48 bits per heavy atom. The first-order chi connectivity index (χ1) is 12.0. The second-order valence-corrected chi connectivity index (χ2v) is 5.34. The zero-order valence-electron chi connectivity index (χ0n) is 14.8. The Balaban J connectivity index is 2.20. The summed E-state index contributed by atoms with van der Waals surface area (Å²) in [6.07, 6.45) is 0. The van der Waals surface area contributed by atoms with Crippen LogP contribution in [0.5, 0.6) is 11.5 Å². The van der Waals surface area contributed by atoms with Crippen LogP contribution >= 0.6 is 0 Å². The quantitative estimate of drug-likeness (QED) is 0.729. The smallest absolute Gasteiger partial charge is 0.271 e. The molecule has 0 bridgehead atoms. The van der Waals surface area contributed by atoms with E-state index in [1.54, 1.807) is 44.1 Å². The summed E-state index contributed by atoms with van der Waals surface area (Å²) in [7, 11) is 4.92. The van der Waals surface area contributed by atoms with Crippen LogP contribution in [0, 0.1) is 0 Å². The van der Waals surface area contributed by atoms with Gasteiger partial charge in [0.1, 0.15) is 11.5 Å². The fraction of sp³-hybridized carbons (Fsp3) is 0.353. The minimum absolute atomic E-state index is 0.139. The highest BCUT2D eigenvalue weighted by Gasteiger charge is 2.17. The average Bonchev–Trinajstić information content (AvgIpc) is 2.99. The van der Waals surface area contributed by atoms with Gasteiger partial charge in [-0.25, -0.2) is 0 Å². The minimum Gasteiger partial charge on any atom is -0.497 e. The molecule has 0 spiro atoms. The van der Waals surface area contributed by atoms with Crippen molar-refractivity contribution >= 4 is 11.8 Å². The van der Waals surface area contributed by atoms with Crippen molar-refractivity contribution in [2.75, 3.05) is 27.3 Å². The van der Waals surface area contributed by atoms with E-state index >= 15 is 0 Å². The number of hydrogen-bond acceptors (Lipinski definition) is 5. The number of aryl methyl sites for hydroxylation is 1. The van der Waals surface area contributed by atoms with Crippen LogP contribution in [0.3, 0.4) is 0 Å². The van der Waals surface area contributed by atoms with Crippen molar-refractivity contribution in [2.24, 2.45) is 7.05 Å². The Hall–Kier alpha value is -3.03. The minimum atomic E-state index is -0.311. The number of benzene rings is 1. The van der Waals surface area contributed by atoms with Crippen molar-refractivity contribution in [1.82, 2.24) is 20.4 Å². The fourth-order valence-corrected chi connectivity index (χ4v) is 2.35. The SMILES string of the molecule is COc1ccc(OC)c(-c2cc(C(=O)NCCNC(C)=O)nn2C)c1. The van der Waals surface area contributed by atoms with E-state index in [4.69, 9.17) is 9.47 Å². The summed E-state index contributed by atoms with van der Waals surface area (Å²) < 4.78 is 12.3. The van der Waals surface area contributed by atoms with Gasteiger partial charge in [-0.2, -0.15) is 5.10 Å². The maximum atomic E-state index is 12.2. The molecule has 8 nitrogen and oxygen atoms in total. The van der Waals surface area contributed by atoms with Gasteiger partial charge in [-0.1, -0.05) is 0 Å². The lowest BCUT2D eigenvalue weighted by molar-refractivity contribution is -0.118. The molecule has 0 saturated heterocycles. The summed E-state index contributed by atoms with van der Waals surface area (Å²) in [5.74, 6) is 0.883. The number of amides is 2. The van der Waals surface area contributed by atoms with E-state index in [0.717, 1.165) is 11.3 Å². The van der Waals surface area contributed by atoms with Crippen molar-refractivity contribution in [3.8, 4) is 22.8 Å². The molecule has 0 aliphatic carbocycles. The van der Waals surface area contributed by atoms with Crippen molar-refractivity contribution in [3.63, 3.8) is 0 Å². The Labute approximate surface area is 146 Å². The predicted octanol–water partition coefficient (Wildman–Crippen LogP) is 0.970. The average molecular weight is 346 g/mol. The highest BCUT2D eigenvalue weighted by atomic mass is 16.5. The summed E-state index contributed by atoms with van der Waals surface area (Å²) in [4.78, 5) is 23.0. The molecule has 2 aromatic rings. The normalized spacial score (nSPS) is 10.2. The molecule has 134 valence electrons. The number of carbonyl (C=O) groups is 2. The third-order valence-corrected chi connectivity index (χ3v) is 3.58. The number of rotatable bonds is 7. The van der Waals surface area contributed by atoms with Crippen LogP contribution < -0.4 is 20.1 Å². The lowest BCUT2D eigenvalue weighted by Crippen LogP contribution is -2.33. The lowest BCUT2D eigenvalue weighted by Gasteiger charge is -2.10. The molecule has 0 aliphatic rings. The molecule has 25 heavy (non-hydrogen) atoms. The van der Waals surface area contributed by atoms with Gasteiger partial charge in [0.05, 0.1) is 19.9 Å². The van der Waals surface area contributed by atoms with Crippen LogP contribution in [0.15, 0.2) is 24.3 Å². The van der Waals surface area contributed by atoms with Gasteiger partial charge in [0.2, 0.25) is 5.91 Å². The van der Waals surface area contributed by atoms with E-state index in [-0.39, 0.29) is 17.5 Å². The molecule has 2 N–H and O–H groups in total. The molecule has 0 atom stereocenters. The monoisotopic (exact) mass is 346 g/mol. The van der Waals surface area contributed by atoms with Crippen LogP contribution in [0.25, 0.3) is 11.3 Å². The van der Waals surface area contributed by atoms with E-state index in [0.29, 0.717) is 24.6 Å². The third kappa shape index (κ3) is 4.50. The van der Waals surface area contributed by atoms with Gasteiger partial charge in [0.25, 0.3) is 5.91 Å². The molecule has 1 aromatic carbocycles. The Morgan fingerprint density at radius 2 is 1.84 bits per heavy atom. The summed E-state index contributed by atoms with van der Waals surface area (Å²) in [6.45, 7) is 2.12. The molecule has 0 unspecified atom stereocenters. The number of nitrogens with zero attached hydrogens (tertiary/aromatic N) is 2. The highest BCUT2D eigenvalue weighted by molar-refractivity contribution is 5.93. The molecular weight excluding hydrogens is 324 g/mol. The Kier molecular flexibility index (Phi) is 5.99. The van der Waals surface area contributed by atoms with E-state index in [1.807, 2.05) is 6.07 Å². The van der Waals surface area contributed by atoms with Crippen LogP contribution in [-0.4, -0.2) is 48.9 Å². The molecule has 2 rings (SSSR count). The zero-order valence-corrected chi connectivity index (χ0v) is 14.8. The Bertz CT molecular complexity index is 770. The van der Waals surface area contributed by atoms with Crippen molar-refractivity contribution < 1.29 is 19.1 Å². The molecular formula is C17H22N4O4. The predicted molar refractivity (Wildman–Crippen MR) is 92.8 cm³/mol. The summed E-state index contributed by atoms with van der Waals surface area (Å²) >= 11 is 0. The van der Waals surface area contributed by atoms with Crippen molar-refractivity contribution in [3.05, 3.63) is 30.0 Å². The highest BCUT2D eigenvalue weighted by Crippen LogP contribution is 2.33. The van der Waals surface area contributed by atoms with Gasteiger partial charge in [-0.15, -0.1) is 0 Å². The molecule has 0 radical (unpaired) electrons. The lowest BCUT2D eigenvalue weighted by atomic mass is 10.1. The first-order valence-corrected chi connectivity index (χ1v) is 7.75. The number of ether oxygens (including phenoxy) is 2. The summed E-state index contributed by atoms with van der Waals surface area (Å²) in [6, 6.07) is 7.11. The van der Waals surface area contributed by atoms with E-state index in [9.17, 15) is 9.59 Å². The maximum Gasteiger partial charge on any atom is 0.271 e. The zero-order chi connectivity index (χ0) is 18.4. The van der Waals surface area contributed by atoms with E-state index in [1.165, 1.54) is 6.92 Å². The van der Waals surface area contributed by atoms with Crippen molar-refractivity contribution in [1.29, 1.82) is 0 Å². The van der Waals surface area contributed by atoms with Crippen LogP contribution in [0.4, 0.5) is 0 Å². The summed E-state index contributed by atoms with van der Waals surface area (Å²) in [5.41, 5.74) is 1.78. The standard InChI is InChI=1S/C17H22N4O4/c1-11(22)18-7-8-19-17(23)14-10-15(21(2)20-14)13-9-12(24-3)5-6-16(13)25-4/h5-6,9-10H,7-8H2,1-4H3,(H,18,22)(H,19,23).